The maximum atomic E-state index is 13.0. The number of carbonyl (C=O) groups is 1. The van der Waals surface area contributed by atoms with Gasteiger partial charge in [0.1, 0.15) is 5.58 Å². The zero-order chi connectivity index (χ0) is 13.8. The van der Waals surface area contributed by atoms with Gasteiger partial charge in [0, 0.05) is 5.39 Å². The van der Waals surface area contributed by atoms with Gasteiger partial charge >= 0.3 is 12.1 Å². The first-order chi connectivity index (χ1) is 8.86. The number of halogens is 3. The molecule has 0 aliphatic heterocycles. The largest absolute Gasteiger partial charge is 0.475 e. The molecule has 0 atom stereocenters. The molecule has 6 heteroatoms. The maximum Gasteiger partial charge on any atom is 0.417 e. The molecular formula is C13H9F3O3. The van der Waals surface area contributed by atoms with E-state index in [4.69, 9.17) is 9.52 Å². The van der Waals surface area contributed by atoms with E-state index in [-0.39, 0.29) is 16.9 Å². The summed E-state index contributed by atoms with van der Waals surface area (Å²) in [5.41, 5.74) is -0.289. The van der Waals surface area contributed by atoms with Crippen molar-refractivity contribution in [1.82, 2.24) is 0 Å². The lowest BCUT2D eigenvalue weighted by molar-refractivity contribution is -0.136. The number of alkyl halides is 3. The van der Waals surface area contributed by atoms with Crippen molar-refractivity contribution < 1.29 is 27.5 Å². The summed E-state index contributed by atoms with van der Waals surface area (Å²) in [5, 5.41) is 8.60. The predicted molar refractivity (Wildman–Crippen MR) is 60.2 cm³/mol. The van der Waals surface area contributed by atoms with Crippen LogP contribution in [0.4, 0.5) is 13.2 Å². The van der Waals surface area contributed by atoms with E-state index >= 15 is 0 Å². The first kappa shape index (κ1) is 12.1. The Kier molecular flexibility index (Phi) is 2.39. The van der Waals surface area contributed by atoms with Gasteiger partial charge < -0.3 is 9.52 Å². The van der Waals surface area contributed by atoms with E-state index in [2.05, 4.69) is 0 Å². The van der Waals surface area contributed by atoms with E-state index < -0.39 is 23.5 Å². The second kappa shape index (κ2) is 3.76. The zero-order valence-electron chi connectivity index (χ0n) is 9.62. The van der Waals surface area contributed by atoms with Crippen LogP contribution in [0, 0.1) is 0 Å². The summed E-state index contributed by atoms with van der Waals surface area (Å²) in [5.74, 6) is -1.73. The molecule has 0 radical (unpaired) electrons. The molecule has 2 aromatic rings. The quantitative estimate of drug-likeness (QED) is 0.896. The van der Waals surface area contributed by atoms with Crippen molar-refractivity contribution in [2.24, 2.45) is 0 Å². The molecule has 1 aromatic heterocycles. The minimum absolute atomic E-state index is 0.0193. The zero-order valence-corrected chi connectivity index (χ0v) is 9.62. The van der Waals surface area contributed by atoms with Crippen molar-refractivity contribution in [3.8, 4) is 0 Å². The Morgan fingerprint density at radius 2 is 1.95 bits per heavy atom. The highest BCUT2D eigenvalue weighted by atomic mass is 19.4. The lowest BCUT2D eigenvalue weighted by atomic mass is 10.0. The second-order valence-electron chi connectivity index (χ2n) is 4.67. The number of hydrogen-bond donors (Lipinski definition) is 1. The van der Waals surface area contributed by atoms with Gasteiger partial charge in [0.25, 0.3) is 0 Å². The fourth-order valence-electron chi connectivity index (χ4n) is 2.15. The molecule has 0 amide bonds. The Labute approximate surface area is 105 Å². The van der Waals surface area contributed by atoms with Gasteiger partial charge in [0.2, 0.25) is 5.76 Å². The minimum Gasteiger partial charge on any atom is -0.475 e. The summed E-state index contributed by atoms with van der Waals surface area (Å²) in [6.45, 7) is 0. The van der Waals surface area contributed by atoms with Crippen molar-refractivity contribution in [2.75, 3.05) is 0 Å². The third-order valence-electron chi connectivity index (χ3n) is 3.22. The Morgan fingerprint density at radius 3 is 2.47 bits per heavy atom. The third-order valence-corrected chi connectivity index (χ3v) is 3.22. The van der Waals surface area contributed by atoms with Gasteiger partial charge in [-0.05, 0) is 42.5 Å². The molecule has 0 unspecified atom stereocenters. The van der Waals surface area contributed by atoms with Crippen molar-refractivity contribution in [3.63, 3.8) is 0 Å². The highest BCUT2D eigenvalue weighted by Crippen LogP contribution is 2.44. The van der Waals surface area contributed by atoms with Crippen molar-refractivity contribution in [2.45, 2.75) is 24.9 Å². The maximum absolute atomic E-state index is 13.0. The van der Waals surface area contributed by atoms with Crippen LogP contribution < -0.4 is 0 Å². The van der Waals surface area contributed by atoms with Gasteiger partial charge in [-0.15, -0.1) is 0 Å². The van der Waals surface area contributed by atoms with Crippen LogP contribution >= 0.6 is 0 Å². The monoisotopic (exact) mass is 270 g/mol. The Bertz CT molecular complexity index is 666. The van der Waals surface area contributed by atoms with Gasteiger partial charge in [0.15, 0.2) is 0 Å². The molecule has 0 spiro atoms. The van der Waals surface area contributed by atoms with Crippen molar-refractivity contribution in [1.29, 1.82) is 0 Å². The molecule has 1 heterocycles. The second-order valence-corrected chi connectivity index (χ2v) is 4.67. The van der Waals surface area contributed by atoms with E-state index in [1.807, 2.05) is 0 Å². The van der Waals surface area contributed by atoms with Gasteiger partial charge in [-0.2, -0.15) is 13.2 Å². The summed E-state index contributed by atoms with van der Waals surface area (Å²) in [7, 11) is 0. The van der Waals surface area contributed by atoms with Crippen LogP contribution in [0.5, 0.6) is 0 Å². The SMILES string of the molecule is O=C(O)c1cc2c(C(F)(F)F)cc(C3CC3)cc2o1. The number of rotatable bonds is 2. The van der Waals surface area contributed by atoms with E-state index in [1.54, 1.807) is 0 Å². The van der Waals surface area contributed by atoms with Crippen LogP contribution in [-0.2, 0) is 6.18 Å². The predicted octanol–water partition coefficient (Wildman–Crippen LogP) is 4.03. The number of benzene rings is 1. The molecular weight excluding hydrogens is 261 g/mol. The summed E-state index contributed by atoms with van der Waals surface area (Å²) in [6.07, 6.45) is -2.81. The number of hydrogen-bond acceptors (Lipinski definition) is 2. The number of fused-ring (bicyclic) bond motifs is 1. The molecule has 3 nitrogen and oxygen atoms in total. The van der Waals surface area contributed by atoms with Crippen molar-refractivity contribution in [3.05, 3.63) is 35.1 Å². The molecule has 1 saturated carbocycles. The average Bonchev–Trinajstić information content (AvgIpc) is 3.05. The van der Waals surface area contributed by atoms with Crippen LogP contribution in [0.25, 0.3) is 11.0 Å². The summed E-state index contributed by atoms with van der Waals surface area (Å²) in [4.78, 5) is 10.8. The smallest absolute Gasteiger partial charge is 0.417 e. The Hall–Kier alpha value is -1.98. The molecule has 19 heavy (non-hydrogen) atoms. The molecule has 0 saturated heterocycles. The number of furan rings is 1. The number of carboxylic acids is 1. The molecule has 3 rings (SSSR count). The van der Waals surface area contributed by atoms with Gasteiger partial charge in [-0.1, -0.05) is 0 Å². The van der Waals surface area contributed by atoms with Crippen LogP contribution in [0.2, 0.25) is 0 Å². The molecule has 1 N–H and O–H groups in total. The third kappa shape index (κ3) is 2.07. The van der Waals surface area contributed by atoms with E-state index in [9.17, 15) is 18.0 Å². The van der Waals surface area contributed by atoms with Gasteiger partial charge in [-0.3, -0.25) is 0 Å². The van der Waals surface area contributed by atoms with Crippen LogP contribution in [-0.4, -0.2) is 11.1 Å². The normalized spacial score (nSPS) is 15.9. The average molecular weight is 270 g/mol. The Morgan fingerprint density at radius 1 is 1.26 bits per heavy atom. The first-order valence-corrected chi connectivity index (χ1v) is 5.74. The number of carboxylic acid groups (broad SMARTS) is 1. The van der Waals surface area contributed by atoms with Crippen LogP contribution in [0.3, 0.4) is 0 Å². The van der Waals surface area contributed by atoms with E-state index in [0.717, 1.165) is 25.0 Å². The molecule has 1 aliphatic carbocycles. The summed E-state index contributed by atoms with van der Waals surface area (Å²) < 4.78 is 44.0. The molecule has 1 aliphatic rings. The first-order valence-electron chi connectivity index (χ1n) is 5.74. The fraction of sp³-hybridized carbons (Fsp3) is 0.308. The number of aromatic carboxylic acids is 1. The molecule has 1 aromatic carbocycles. The lowest BCUT2D eigenvalue weighted by Crippen LogP contribution is -2.06. The minimum atomic E-state index is -4.53. The van der Waals surface area contributed by atoms with E-state index in [1.165, 1.54) is 6.07 Å². The summed E-state index contributed by atoms with van der Waals surface area (Å²) in [6, 6.07) is 3.53. The van der Waals surface area contributed by atoms with Gasteiger partial charge in [-0.25, -0.2) is 4.79 Å². The standard InChI is InChI=1S/C13H9F3O3/c14-13(15,16)9-3-7(6-1-2-6)4-10-8(9)5-11(19-10)12(17)18/h3-6H,1-2H2,(H,17,18). The lowest BCUT2D eigenvalue weighted by Gasteiger charge is -2.09. The van der Waals surface area contributed by atoms with Crippen molar-refractivity contribution >= 4 is 16.9 Å². The van der Waals surface area contributed by atoms with Crippen LogP contribution in [0.15, 0.2) is 22.6 Å². The van der Waals surface area contributed by atoms with Gasteiger partial charge in [0.05, 0.1) is 5.56 Å². The fourth-order valence-corrected chi connectivity index (χ4v) is 2.15. The topological polar surface area (TPSA) is 50.4 Å². The molecule has 100 valence electrons. The molecule has 0 bridgehead atoms. The molecule has 1 fully saturated rings. The highest BCUT2D eigenvalue weighted by Gasteiger charge is 2.36. The van der Waals surface area contributed by atoms with E-state index in [0.29, 0.717) is 5.56 Å². The van der Waals surface area contributed by atoms with Crippen LogP contribution in [0.1, 0.15) is 40.4 Å². The highest BCUT2D eigenvalue weighted by molar-refractivity contribution is 5.93. The Balaban J connectivity index is 2.27. The summed E-state index contributed by atoms with van der Waals surface area (Å²) >= 11 is 0.